The maximum atomic E-state index is 10.2. The van der Waals surface area contributed by atoms with Gasteiger partial charge in [-0.1, -0.05) is 6.07 Å². The Hall–Kier alpha value is -0.960. The highest BCUT2D eigenvalue weighted by molar-refractivity contribution is 7.80. The molecule has 0 fully saturated rings. The van der Waals surface area contributed by atoms with Crippen molar-refractivity contribution in [3.05, 3.63) is 23.8 Å². The fourth-order valence-corrected chi connectivity index (χ4v) is 0.915. The van der Waals surface area contributed by atoms with E-state index in [0.717, 1.165) is 0 Å². The van der Waals surface area contributed by atoms with Crippen LogP contribution in [0.25, 0.3) is 0 Å². The molecule has 10 heavy (non-hydrogen) atoms. The highest BCUT2D eigenvalue weighted by Crippen LogP contribution is 2.20. The van der Waals surface area contributed by atoms with Gasteiger partial charge in [-0.15, -0.1) is 12.6 Å². The van der Waals surface area contributed by atoms with Crippen LogP contribution < -0.4 is 0 Å². The monoisotopic (exact) mass is 154 g/mol. The Morgan fingerprint density at radius 3 is 2.60 bits per heavy atom. The lowest BCUT2D eigenvalue weighted by Crippen LogP contribution is -1.82. The fourth-order valence-electron chi connectivity index (χ4n) is 0.662. The zero-order chi connectivity index (χ0) is 7.56. The molecule has 0 spiro atoms. The highest BCUT2D eigenvalue weighted by atomic mass is 32.1. The average molecular weight is 154 g/mol. The lowest BCUT2D eigenvalue weighted by atomic mass is 10.2. The quantitative estimate of drug-likeness (QED) is 0.475. The Bertz CT molecular complexity index is 238. The Labute approximate surface area is 63.9 Å². The molecule has 0 aliphatic carbocycles. The summed E-state index contributed by atoms with van der Waals surface area (Å²) >= 11 is 3.96. The summed E-state index contributed by atoms with van der Waals surface area (Å²) in [6, 6.07) is 4.72. The van der Waals surface area contributed by atoms with E-state index < -0.39 is 0 Å². The molecule has 0 aliphatic rings. The van der Waals surface area contributed by atoms with Crippen LogP contribution in [0.1, 0.15) is 10.4 Å². The number of carbonyl (C=O) groups excluding carboxylic acids is 1. The fraction of sp³-hybridized carbons (Fsp3) is 0. The van der Waals surface area contributed by atoms with Crippen molar-refractivity contribution in [3.8, 4) is 5.75 Å². The zero-order valence-electron chi connectivity index (χ0n) is 5.11. The van der Waals surface area contributed by atoms with Gasteiger partial charge in [0.05, 0.1) is 5.56 Å². The molecule has 52 valence electrons. The number of aldehydes is 1. The van der Waals surface area contributed by atoms with Gasteiger partial charge in [0.15, 0.2) is 6.29 Å². The van der Waals surface area contributed by atoms with Crippen LogP contribution in [0.2, 0.25) is 0 Å². The summed E-state index contributed by atoms with van der Waals surface area (Å²) in [6.45, 7) is 0. The minimum atomic E-state index is -0.0255. The summed E-state index contributed by atoms with van der Waals surface area (Å²) in [5.74, 6) is -0.0255. The van der Waals surface area contributed by atoms with E-state index in [9.17, 15) is 4.79 Å². The van der Waals surface area contributed by atoms with Crippen molar-refractivity contribution < 1.29 is 9.90 Å². The maximum absolute atomic E-state index is 10.2. The predicted molar refractivity (Wildman–Crippen MR) is 40.7 cm³/mol. The molecule has 0 unspecified atom stereocenters. The largest absolute Gasteiger partial charge is 0.507 e. The van der Waals surface area contributed by atoms with Crippen LogP contribution in [-0.2, 0) is 0 Å². The molecule has 1 N–H and O–H groups in total. The second-order valence-corrected chi connectivity index (χ2v) is 2.31. The number of hydrogen-bond acceptors (Lipinski definition) is 3. The van der Waals surface area contributed by atoms with Crippen molar-refractivity contribution in [1.82, 2.24) is 0 Å². The summed E-state index contributed by atoms with van der Waals surface area (Å²) in [6.07, 6.45) is 0.581. The lowest BCUT2D eigenvalue weighted by Gasteiger charge is -1.97. The number of carbonyl (C=O) groups is 1. The van der Waals surface area contributed by atoms with Crippen molar-refractivity contribution in [2.45, 2.75) is 4.90 Å². The summed E-state index contributed by atoms with van der Waals surface area (Å²) in [4.78, 5) is 10.7. The van der Waals surface area contributed by atoms with Gasteiger partial charge in [-0.2, -0.15) is 0 Å². The van der Waals surface area contributed by atoms with E-state index in [-0.39, 0.29) is 11.3 Å². The molecule has 0 atom stereocenters. The van der Waals surface area contributed by atoms with Gasteiger partial charge in [0, 0.05) is 4.90 Å². The molecular formula is C7H6O2S. The van der Waals surface area contributed by atoms with Crippen molar-refractivity contribution in [1.29, 1.82) is 0 Å². The molecule has 0 bridgehead atoms. The first-order valence-electron chi connectivity index (χ1n) is 2.72. The Morgan fingerprint density at radius 2 is 2.20 bits per heavy atom. The molecule has 2 nitrogen and oxygen atoms in total. The predicted octanol–water partition coefficient (Wildman–Crippen LogP) is 1.49. The van der Waals surface area contributed by atoms with Gasteiger partial charge in [0.2, 0.25) is 0 Å². The summed E-state index contributed by atoms with van der Waals surface area (Å²) in [7, 11) is 0. The third-order valence-electron chi connectivity index (χ3n) is 1.18. The number of benzene rings is 1. The van der Waals surface area contributed by atoms with E-state index in [1.807, 2.05) is 0 Å². The van der Waals surface area contributed by atoms with E-state index in [1.54, 1.807) is 12.1 Å². The zero-order valence-corrected chi connectivity index (χ0v) is 6.01. The van der Waals surface area contributed by atoms with Gasteiger partial charge in [0.25, 0.3) is 0 Å². The minimum absolute atomic E-state index is 0.0255. The summed E-state index contributed by atoms with van der Waals surface area (Å²) in [5.41, 5.74) is 0.242. The van der Waals surface area contributed by atoms with Crippen molar-refractivity contribution >= 4 is 18.9 Å². The third kappa shape index (κ3) is 1.14. The van der Waals surface area contributed by atoms with Gasteiger partial charge >= 0.3 is 0 Å². The molecule has 1 rings (SSSR count). The molecule has 0 aliphatic heterocycles. The van der Waals surface area contributed by atoms with Crippen LogP contribution in [0.5, 0.6) is 5.75 Å². The first-order valence-corrected chi connectivity index (χ1v) is 3.16. The third-order valence-corrected chi connectivity index (χ3v) is 1.57. The van der Waals surface area contributed by atoms with Gasteiger partial charge in [-0.05, 0) is 12.1 Å². The molecule has 1 aromatic carbocycles. The maximum Gasteiger partial charge on any atom is 0.154 e. The normalized spacial score (nSPS) is 9.30. The van der Waals surface area contributed by atoms with Gasteiger partial charge in [0.1, 0.15) is 5.75 Å². The van der Waals surface area contributed by atoms with Crippen LogP contribution in [-0.4, -0.2) is 11.4 Å². The molecule has 0 radical (unpaired) electrons. The van der Waals surface area contributed by atoms with Gasteiger partial charge in [-0.3, -0.25) is 4.79 Å². The average Bonchev–Trinajstić information content (AvgIpc) is 1.88. The first kappa shape index (κ1) is 7.15. The standard InChI is InChI=1S/C7H6O2S/c8-4-5-6(9)2-1-3-7(5)10/h1-4,9-10H. The number of thiol groups is 1. The highest BCUT2D eigenvalue weighted by Gasteiger charge is 2.01. The second kappa shape index (κ2) is 2.75. The number of rotatable bonds is 1. The van der Waals surface area contributed by atoms with Crippen LogP contribution in [0.3, 0.4) is 0 Å². The number of phenolic OH excluding ortho intramolecular Hbond substituents is 1. The second-order valence-electron chi connectivity index (χ2n) is 1.83. The molecule has 0 saturated carbocycles. The number of hydrogen-bond donors (Lipinski definition) is 2. The molecule has 0 amide bonds. The molecule has 0 saturated heterocycles. The van der Waals surface area contributed by atoms with Gasteiger partial charge in [-0.25, -0.2) is 0 Å². The molecular weight excluding hydrogens is 148 g/mol. The Balaban J connectivity index is 3.30. The van der Waals surface area contributed by atoms with Crippen molar-refractivity contribution in [2.75, 3.05) is 0 Å². The van der Waals surface area contributed by atoms with Gasteiger partial charge < -0.3 is 5.11 Å². The number of aromatic hydroxyl groups is 1. The molecule has 3 heteroatoms. The van der Waals surface area contributed by atoms with Crippen LogP contribution in [0.15, 0.2) is 23.1 Å². The molecule has 0 aromatic heterocycles. The summed E-state index contributed by atoms with van der Waals surface area (Å²) in [5, 5.41) is 9.01. The molecule has 0 heterocycles. The minimum Gasteiger partial charge on any atom is -0.507 e. The number of phenols is 1. The van der Waals surface area contributed by atoms with Crippen LogP contribution in [0.4, 0.5) is 0 Å². The Kier molecular flexibility index (Phi) is 1.97. The van der Waals surface area contributed by atoms with Crippen molar-refractivity contribution in [2.24, 2.45) is 0 Å². The Morgan fingerprint density at radius 1 is 1.50 bits per heavy atom. The molecule has 1 aromatic rings. The van der Waals surface area contributed by atoms with Crippen molar-refractivity contribution in [3.63, 3.8) is 0 Å². The topological polar surface area (TPSA) is 37.3 Å². The van der Waals surface area contributed by atoms with E-state index in [4.69, 9.17) is 5.11 Å². The van der Waals surface area contributed by atoms with E-state index >= 15 is 0 Å². The van der Waals surface area contributed by atoms with E-state index in [1.165, 1.54) is 6.07 Å². The van der Waals surface area contributed by atoms with E-state index in [0.29, 0.717) is 11.2 Å². The van der Waals surface area contributed by atoms with Crippen LogP contribution >= 0.6 is 12.6 Å². The van der Waals surface area contributed by atoms with E-state index in [2.05, 4.69) is 12.6 Å². The first-order chi connectivity index (χ1) is 4.75. The smallest absolute Gasteiger partial charge is 0.154 e. The lowest BCUT2D eigenvalue weighted by molar-refractivity contribution is 0.111. The summed E-state index contributed by atoms with van der Waals surface area (Å²) < 4.78 is 0. The van der Waals surface area contributed by atoms with Crippen LogP contribution in [0, 0.1) is 0 Å². The SMILES string of the molecule is O=Cc1c(O)cccc1S.